The number of nitrogens with one attached hydrogen (secondary N) is 1. The molecule has 3 aromatic rings. The number of aromatic nitrogens is 1. The summed E-state index contributed by atoms with van der Waals surface area (Å²) >= 11 is 7.33. The van der Waals surface area contributed by atoms with Crippen LogP contribution in [0.15, 0.2) is 60.2 Å². The van der Waals surface area contributed by atoms with Gasteiger partial charge in [-0.2, -0.15) is 0 Å². The largest absolute Gasteiger partial charge is 0.322 e. The van der Waals surface area contributed by atoms with E-state index in [1.54, 1.807) is 18.2 Å². The van der Waals surface area contributed by atoms with Gasteiger partial charge in [0.1, 0.15) is 4.88 Å². The number of amides is 1. The van der Waals surface area contributed by atoms with Gasteiger partial charge >= 0.3 is 0 Å². The second-order valence-electron chi connectivity index (χ2n) is 4.19. The number of nitrogens with zero attached hydrogens (tertiary/aromatic N) is 1. The first-order chi connectivity index (χ1) is 9.74. The Morgan fingerprint density at radius 2 is 1.95 bits per heavy atom. The van der Waals surface area contributed by atoms with Crippen molar-refractivity contribution in [3.63, 3.8) is 0 Å². The number of rotatable bonds is 3. The molecule has 5 heteroatoms. The van der Waals surface area contributed by atoms with Crippen LogP contribution in [0.4, 0.5) is 5.69 Å². The van der Waals surface area contributed by atoms with E-state index in [1.807, 2.05) is 46.6 Å². The average molecular weight is 303 g/mol. The van der Waals surface area contributed by atoms with Crippen LogP contribution in [0.25, 0.3) is 5.69 Å². The highest BCUT2D eigenvalue weighted by Crippen LogP contribution is 2.23. The number of carbonyl (C=O) groups excluding carboxylic acids is 1. The van der Waals surface area contributed by atoms with Gasteiger partial charge < -0.3 is 9.88 Å². The summed E-state index contributed by atoms with van der Waals surface area (Å²) in [6, 6.07) is 12.9. The summed E-state index contributed by atoms with van der Waals surface area (Å²) in [6.07, 6.45) is 3.83. The Balaban J connectivity index is 1.87. The Morgan fingerprint density at radius 3 is 2.70 bits per heavy atom. The second kappa shape index (κ2) is 5.53. The minimum Gasteiger partial charge on any atom is -0.322 e. The van der Waals surface area contributed by atoms with Crippen LogP contribution >= 0.6 is 22.9 Å². The van der Waals surface area contributed by atoms with Crippen molar-refractivity contribution in [1.29, 1.82) is 0 Å². The monoisotopic (exact) mass is 302 g/mol. The Morgan fingerprint density at radius 1 is 1.15 bits per heavy atom. The molecule has 1 aromatic carbocycles. The highest BCUT2D eigenvalue weighted by molar-refractivity contribution is 7.12. The zero-order valence-corrected chi connectivity index (χ0v) is 12.0. The fourth-order valence-corrected chi connectivity index (χ4v) is 2.90. The Hall–Kier alpha value is -2.04. The fraction of sp³-hybridized carbons (Fsp3) is 0. The van der Waals surface area contributed by atoms with Gasteiger partial charge in [-0.05, 0) is 41.8 Å². The second-order valence-corrected chi connectivity index (χ2v) is 5.54. The summed E-state index contributed by atoms with van der Waals surface area (Å²) in [7, 11) is 0. The molecule has 0 spiro atoms. The molecule has 0 aliphatic heterocycles. The van der Waals surface area contributed by atoms with Gasteiger partial charge in [-0.15, -0.1) is 11.3 Å². The Bertz CT molecular complexity index is 734. The minimum absolute atomic E-state index is 0.133. The lowest BCUT2D eigenvalue weighted by atomic mass is 10.3. The number of hydrogen-bond acceptors (Lipinski definition) is 2. The summed E-state index contributed by atoms with van der Waals surface area (Å²) in [5.74, 6) is -0.133. The van der Waals surface area contributed by atoms with Crippen LogP contribution in [-0.4, -0.2) is 10.5 Å². The molecule has 3 nitrogen and oxygen atoms in total. The van der Waals surface area contributed by atoms with E-state index in [0.29, 0.717) is 15.6 Å². The molecule has 100 valence electrons. The third-order valence-electron chi connectivity index (χ3n) is 2.82. The maximum atomic E-state index is 12.3. The average Bonchev–Trinajstić information content (AvgIpc) is 3.09. The number of thiophene rings is 1. The van der Waals surface area contributed by atoms with Crippen molar-refractivity contribution in [2.45, 2.75) is 0 Å². The molecule has 2 aromatic heterocycles. The third-order valence-corrected chi connectivity index (χ3v) is 3.95. The predicted octanol–water partition coefficient (Wildman–Crippen LogP) is 4.44. The van der Waals surface area contributed by atoms with Crippen molar-refractivity contribution in [1.82, 2.24) is 4.57 Å². The molecule has 0 saturated heterocycles. The van der Waals surface area contributed by atoms with Crippen molar-refractivity contribution in [2.24, 2.45) is 0 Å². The van der Waals surface area contributed by atoms with Gasteiger partial charge in [0.25, 0.3) is 5.91 Å². The SMILES string of the molecule is O=C(Nc1cccc(Cl)c1)c1sccc1-n1cccc1. The minimum atomic E-state index is -0.133. The van der Waals surface area contributed by atoms with Gasteiger partial charge in [0.15, 0.2) is 0 Å². The van der Waals surface area contributed by atoms with E-state index in [9.17, 15) is 4.79 Å². The molecule has 0 aliphatic rings. The Labute approximate surface area is 125 Å². The van der Waals surface area contributed by atoms with E-state index in [1.165, 1.54) is 11.3 Å². The van der Waals surface area contributed by atoms with Gasteiger partial charge in [-0.25, -0.2) is 0 Å². The van der Waals surface area contributed by atoms with Gasteiger partial charge in [0.2, 0.25) is 0 Å². The molecule has 0 radical (unpaired) electrons. The van der Waals surface area contributed by atoms with Gasteiger partial charge in [-0.1, -0.05) is 17.7 Å². The molecule has 0 aliphatic carbocycles. The summed E-state index contributed by atoms with van der Waals surface area (Å²) in [5.41, 5.74) is 1.56. The van der Waals surface area contributed by atoms with Gasteiger partial charge in [0.05, 0.1) is 5.69 Å². The lowest BCUT2D eigenvalue weighted by Gasteiger charge is -2.07. The van der Waals surface area contributed by atoms with Crippen molar-refractivity contribution in [3.05, 3.63) is 70.1 Å². The smallest absolute Gasteiger partial charge is 0.267 e. The van der Waals surface area contributed by atoms with Crippen LogP contribution in [0.5, 0.6) is 0 Å². The normalized spacial score (nSPS) is 10.4. The highest BCUT2D eigenvalue weighted by Gasteiger charge is 2.14. The number of anilines is 1. The molecule has 0 unspecified atom stereocenters. The molecule has 1 amide bonds. The van der Waals surface area contributed by atoms with Crippen LogP contribution in [0, 0.1) is 0 Å². The van der Waals surface area contributed by atoms with Crippen molar-refractivity contribution in [3.8, 4) is 5.69 Å². The lowest BCUT2D eigenvalue weighted by Crippen LogP contribution is -2.12. The van der Waals surface area contributed by atoms with E-state index in [0.717, 1.165) is 5.69 Å². The first kappa shape index (κ1) is 13.0. The van der Waals surface area contributed by atoms with E-state index in [-0.39, 0.29) is 5.91 Å². The number of halogens is 1. The molecule has 1 N–H and O–H groups in total. The van der Waals surface area contributed by atoms with Crippen LogP contribution in [0.3, 0.4) is 0 Å². The maximum Gasteiger partial charge on any atom is 0.267 e. The van der Waals surface area contributed by atoms with Crippen molar-refractivity contribution >= 4 is 34.5 Å². The molecule has 0 fully saturated rings. The van der Waals surface area contributed by atoms with Gasteiger partial charge in [0, 0.05) is 23.1 Å². The molecule has 2 heterocycles. The molecular weight excluding hydrogens is 292 g/mol. The number of hydrogen-bond donors (Lipinski definition) is 1. The topological polar surface area (TPSA) is 34.0 Å². The number of benzene rings is 1. The molecule has 0 bridgehead atoms. The van der Waals surface area contributed by atoms with E-state index < -0.39 is 0 Å². The Kier molecular flexibility index (Phi) is 3.58. The van der Waals surface area contributed by atoms with Crippen LogP contribution in [0.1, 0.15) is 9.67 Å². The van der Waals surface area contributed by atoms with Crippen LogP contribution < -0.4 is 5.32 Å². The summed E-state index contributed by atoms with van der Waals surface area (Å²) in [5, 5.41) is 5.36. The molecule has 20 heavy (non-hydrogen) atoms. The van der Waals surface area contributed by atoms with E-state index in [2.05, 4.69) is 5.32 Å². The van der Waals surface area contributed by atoms with Crippen LogP contribution in [0.2, 0.25) is 5.02 Å². The first-order valence-corrected chi connectivity index (χ1v) is 7.27. The molecule has 0 saturated carbocycles. The standard InChI is InChI=1S/C15H11ClN2OS/c16-11-4-3-5-12(10-11)17-15(19)14-13(6-9-20-14)18-7-1-2-8-18/h1-10H,(H,17,19). The summed E-state index contributed by atoms with van der Waals surface area (Å²) < 4.78 is 1.92. The highest BCUT2D eigenvalue weighted by atomic mass is 35.5. The quantitative estimate of drug-likeness (QED) is 0.762. The van der Waals surface area contributed by atoms with E-state index >= 15 is 0 Å². The maximum absolute atomic E-state index is 12.3. The summed E-state index contributed by atoms with van der Waals surface area (Å²) in [6.45, 7) is 0. The fourth-order valence-electron chi connectivity index (χ4n) is 1.92. The number of carbonyl (C=O) groups is 1. The van der Waals surface area contributed by atoms with Gasteiger partial charge in [-0.3, -0.25) is 4.79 Å². The first-order valence-electron chi connectivity index (χ1n) is 6.02. The van der Waals surface area contributed by atoms with Crippen LogP contribution in [-0.2, 0) is 0 Å². The third kappa shape index (κ3) is 2.61. The van der Waals surface area contributed by atoms with E-state index in [4.69, 9.17) is 11.6 Å². The zero-order chi connectivity index (χ0) is 13.9. The lowest BCUT2D eigenvalue weighted by molar-refractivity contribution is 0.103. The predicted molar refractivity (Wildman–Crippen MR) is 83.1 cm³/mol. The zero-order valence-electron chi connectivity index (χ0n) is 10.4. The molecule has 0 atom stereocenters. The summed E-state index contributed by atoms with van der Waals surface area (Å²) in [4.78, 5) is 13.0. The molecular formula is C15H11ClN2OS. The van der Waals surface area contributed by atoms with Crippen molar-refractivity contribution in [2.75, 3.05) is 5.32 Å². The van der Waals surface area contributed by atoms with Crippen molar-refractivity contribution < 1.29 is 4.79 Å². The molecule has 3 rings (SSSR count).